The first kappa shape index (κ1) is 13.2. The van der Waals surface area contributed by atoms with Gasteiger partial charge in [0.05, 0.1) is 23.2 Å². The summed E-state index contributed by atoms with van der Waals surface area (Å²) in [6.45, 7) is -0.805. The Morgan fingerprint density at radius 3 is 2.38 bits per heavy atom. The molecule has 3 N–H and O–H groups in total. The molecule has 0 aromatic heterocycles. The Bertz CT molecular complexity index is 394. The van der Waals surface area contributed by atoms with Crippen LogP contribution in [0.5, 0.6) is 0 Å². The molecule has 7 heteroatoms. The Morgan fingerprint density at radius 2 is 1.94 bits per heavy atom. The van der Waals surface area contributed by atoms with Crippen molar-refractivity contribution in [2.45, 2.75) is 12.2 Å². The lowest BCUT2D eigenvalue weighted by Gasteiger charge is -2.18. The van der Waals surface area contributed by atoms with Crippen LogP contribution in [0, 0.1) is 5.82 Å². The second-order valence-electron chi connectivity index (χ2n) is 3.11. The van der Waals surface area contributed by atoms with Crippen LogP contribution < -0.4 is 5.73 Å². The maximum Gasteiger partial charge on any atom is 0.416 e. The summed E-state index contributed by atoms with van der Waals surface area (Å²) in [4.78, 5) is 0. The van der Waals surface area contributed by atoms with Crippen LogP contribution in [0.2, 0.25) is 5.02 Å². The molecule has 1 rings (SSSR count). The molecule has 90 valence electrons. The van der Waals surface area contributed by atoms with Gasteiger partial charge >= 0.3 is 6.18 Å². The second-order valence-corrected chi connectivity index (χ2v) is 3.52. The van der Waals surface area contributed by atoms with Crippen molar-refractivity contribution in [3.8, 4) is 0 Å². The van der Waals surface area contributed by atoms with Gasteiger partial charge in [-0.25, -0.2) is 4.39 Å². The quantitative estimate of drug-likeness (QED) is 0.800. The number of nitrogens with two attached hydrogens (primary N) is 1. The fourth-order valence-electron chi connectivity index (χ4n) is 1.27. The predicted molar refractivity (Wildman–Crippen MR) is 50.4 cm³/mol. The molecule has 0 aliphatic heterocycles. The Morgan fingerprint density at radius 1 is 1.38 bits per heavy atom. The second kappa shape index (κ2) is 4.57. The molecule has 0 aliphatic rings. The van der Waals surface area contributed by atoms with E-state index in [1.54, 1.807) is 0 Å². The lowest BCUT2D eigenvalue weighted by Crippen LogP contribution is -2.22. The SMILES string of the molecule is N[C@H](CO)c1c(C(F)(F)F)ccc(Cl)c1F. The van der Waals surface area contributed by atoms with Crippen LogP contribution in [0.25, 0.3) is 0 Å². The molecule has 0 fully saturated rings. The van der Waals surface area contributed by atoms with Gasteiger partial charge in [-0.3, -0.25) is 0 Å². The molecule has 0 saturated carbocycles. The van der Waals surface area contributed by atoms with Gasteiger partial charge in [-0.05, 0) is 12.1 Å². The monoisotopic (exact) mass is 257 g/mol. The Hall–Kier alpha value is -0.850. The van der Waals surface area contributed by atoms with E-state index in [4.69, 9.17) is 22.4 Å². The number of hydrogen-bond donors (Lipinski definition) is 2. The van der Waals surface area contributed by atoms with E-state index in [0.29, 0.717) is 6.07 Å². The van der Waals surface area contributed by atoms with Crippen LogP contribution in [-0.2, 0) is 6.18 Å². The highest BCUT2D eigenvalue weighted by Gasteiger charge is 2.36. The maximum absolute atomic E-state index is 13.4. The van der Waals surface area contributed by atoms with Crippen LogP contribution >= 0.6 is 11.6 Å². The van der Waals surface area contributed by atoms with Gasteiger partial charge < -0.3 is 10.8 Å². The first-order valence-corrected chi connectivity index (χ1v) is 4.58. The van der Waals surface area contributed by atoms with Crippen molar-refractivity contribution in [1.82, 2.24) is 0 Å². The number of halogens is 5. The van der Waals surface area contributed by atoms with E-state index in [1.165, 1.54) is 0 Å². The van der Waals surface area contributed by atoms with Crippen molar-refractivity contribution in [3.05, 3.63) is 34.1 Å². The van der Waals surface area contributed by atoms with Gasteiger partial charge in [-0.1, -0.05) is 11.6 Å². The lowest BCUT2D eigenvalue weighted by molar-refractivity contribution is -0.138. The zero-order valence-electron chi connectivity index (χ0n) is 7.85. The molecule has 1 aromatic rings. The normalized spacial score (nSPS) is 13.9. The van der Waals surface area contributed by atoms with Crippen LogP contribution in [0.1, 0.15) is 17.2 Å². The lowest BCUT2D eigenvalue weighted by atomic mass is 10.00. The largest absolute Gasteiger partial charge is 0.416 e. The first-order valence-electron chi connectivity index (χ1n) is 4.20. The number of alkyl halides is 3. The average molecular weight is 258 g/mol. The topological polar surface area (TPSA) is 46.2 Å². The minimum Gasteiger partial charge on any atom is -0.394 e. The Labute approximate surface area is 93.6 Å². The molecule has 0 radical (unpaired) electrons. The molecule has 0 bridgehead atoms. The molecule has 2 nitrogen and oxygen atoms in total. The van der Waals surface area contributed by atoms with Crippen LogP contribution in [0.4, 0.5) is 17.6 Å². The molecule has 0 unspecified atom stereocenters. The van der Waals surface area contributed by atoms with E-state index in [9.17, 15) is 17.6 Å². The third-order valence-corrected chi connectivity index (χ3v) is 2.30. The molecule has 0 spiro atoms. The molecular weight excluding hydrogens is 250 g/mol. The van der Waals surface area contributed by atoms with E-state index < -0.39 is 40.8 Å². The van der Waals surface area contributed by atoms with Gasteiger partial charge in [0, 0.05) is 5.56 Å². The van der Waals surface area contributed by atoms with Crippen molar-refractivity contribution in [1.29, 1.82) is 0 Å². The van der Waals surface area contributed by atoms with E-state index in [2.05, 4.69) is 0 Å². The summed E-state index contributed by atoms with van der Waals surface area (Å²) in [7, 11) is 0. The molecule has 1 atom stereocenters. The molecule has 0 amide bonds. The molecule has 16 heavy (non-hydrogen) atoms. The predicted octanol–water partition coefficient (Wildman–Crippen LogP) is 2.49. The Kier molecular flexibility index (Phi) is 3.77. The number of rotatable bonds is 2. The summed E-state index contributed by atoms with van der Waals surface area (Å²) in [5.74, 6) is -1.25. The van der Waals surface area contributed by atoms with E-state index in [1.807, 2.05) is 0 Å². The standard InChI is InChI=1S/C9H8ClF4NO/c10-5-2-1-4(9(12,13)14)7(8(5)11)6(15)3-16/h1-2,6,16H,3,15H2/t6-/m1/s1. The summed E-state index contributed by atoms with van der Waals surface area (Å²) in [6, 6.07) is -0.0286. The van der Waals surface area contributed by atoms with Crippen LogP contribution in [0.3, 0.4) is 0 Å². The van der Waals surface area contributed by atoms with Crippen molar-refractivity contribution >= 4 is 11.6 Å². The van der Waals surface area contributed by atoms with Gasteiger partial charge in [-0.2, -0.15) is 13.2 Å². The van der Waals surface area contributed by atoms with Crippen molar-refractivity contribution in [3.63, 3.8) is 0 Å². The zero-order valence-corrected chi connectivity index (χ0v) is 8.61. The highest BCUT2D eigenvalue weighted by molar-refractivity contribution is 6.30. The van der Waals surface area contributed by atoms with Crippen molar-refractivity contribution in [2.24, 2.45) is 5.73 Å². The van der Waals surface area contributed by atoms with E-state index in [0.717, 1.165) is 6.07 Å². The molecule has 1 aromatic carbocycles. The fourth-order valence-corrected chi connectivity index (χ4v) is 1.43. The van der Waals surface area contributed by atoms with Crippen LogP contribution in [0.15, 0.2) is 12.1 Å². The fraction of sp³-hybridized carbons (Fsp3) is 0.333. The van der Waals surface area contributed by atoms with Crippen LogP contribution in [-0.4, -0.2) is 11.7 Å². The van der Waals surface area contributed by atoms with E-state index in [-0.39, 0.29) is 0 Å². The third kappa shape index (κ3) is 2.45. The van der Waals surface area contributed by atoms with Gasteiger partial charge in [0.2, 0.25) is 0 Å². The smallest absolute Gasteiger partial charge is 0.394 e. The van der Waals surface area contributed by atoms with E-state index >= 15 is 0 Å². The third-order valence-electron chi connectivity index (χ3n) is 2.01. The number of hydrogen-bond acceptors (Lipinski definition) is 2. The van der Waals surface area contributed by atoms with Gasteiger partial charge in [0.15, 0.2) is 0 Å². The summed E-state index contributed by atoms with van der Waals surface area (Å²) < 4.78 is 50.9. The number of aliphatic hydroxyl groups is 1. The Balaban J connectivity index is 3.45. The molecule has 0 heterocycles. The average Bonchev–Trinajstić information content (AvgIpc) is 2.19. The van der Waals surface area contributed by atoms with Gasteiger partial charge in [0.25, 0.3) is 0 Å². The van der Waals surface area contributed by atoms with Gasteiger partial charge in [-0.15, -0.1) is 0 Å². The minimum atomic E-state index is -4.74. The van der Waals surface area contributed by atoms with Gasteiger partial charge in [0.1, 0.15) is 5.82 Å². The summed E-state index contributed by atoms with van der Waals surface area (Å²) in [6.07, 6.45) is -4.74. The first-order chi connectivity index (χ1) is 7.29. The number of aliphatic hydroxyl groups excluding tert-OH is 1. The molecular formula is C9H8ClF4NO. The molecule has 0 aliphatic carbocycles. The summed E-state index contributed by atoms with van der Waals surface area (Å²) >= 11 is 5.36. The maximum atomic E-state index is 13.4. The highest BCUT2D eigenvalue weighted by atomic mass is 35.5. The van der Waals surface area contributed by atoms with Crippen molar-refractivity contribution < 1.29 is 22.7 Å². The highest BCUT2D eigenvalue weighted by Crippen LogP contribution is 2.37. The minimum absolute atomic E-state index is 0.466. The molecule has 0 saturated heterocycles. The summed E-state index contributed by atoms with van der Waals surface area (Å²) in [5.41, 5.74) is 3.17. The number of benzene rings is 1. The zero-order chi connectivity index (χ0) is 12.5. The van der Waals surface area contributed by atoms with Crippen molar-refractivity contribution in [2.75, 3.05) is 6.61 Å². The summed E-state index contributed by atoms with van der Waals surface area (Å²) in [5, 5.41) is 8.23.